The van der Waals surface area contributed by atoms with Gasteiger partial charge in [0, 0.05) is 24.5 Å². The van der Waals surface area contributed by atoms with Crippen molar-refractivity contribution in [2.24, 2.45) is 5.41 Å². The van der Waals surface area contributed by atoms with E-state index in [2.05, 4.69) is 67.8 Å². The van der Waals surface area contributed by atoms with Crippen LogP contribution in [0.15, 0.2) is 30.5 Å². The molecule has 1 amide bonds. The molecule has 1 aromatic carbocycles. The molecular formula is C26H29N7O2. The van der Waals surface area contributed by atoms with Gasteiger partial charge in [-0.15, -0.1) is 16.6 Å². The summed E-state index contributed by atoms with van der Waals surface area (Å²) in [5, 5.41) is 18.2. The average molecular weight is 472 g/mol. The molecule has 2 aliphatic rings. The van der Waals surface area contributed by atoms with E-state index < -0.39 is 5.41 Å². The Balaban J connectivity index is 1.56. The van der Waals surface area contributed by atoms with Gasteiger partial charge in [0.2, 0.25) is 0 Å². The van der Waals surface area contributed by atoms with E-state index in [0.717, 1.165) is 48.9 Å². The number of tetrazole rings is 1. The Labute approximate surface area is 204 Å². The Morgan fingerprint density at radius 2 is 2.06 bits per heavy atom. The van der Waals surface area contributed by atoms with Crippen molar-refractivity contribution in [2.75, 3.05) is 18.5 Å². The number of allylic oxidation sites excluding steroid dienone is 2. The number of aromatic nitrogens is 6. The third-order valence-corrected chi connectivity index (χ3v) is 7.20. The van der Waals surface area contributed by atoms with Crippen molar-refractivity contribution in [3.63, 3.8) is 0 Å². The number of amides is 1. The number of hydrogen-bond donors (Lipinski definition) is 3. The molecule has 1 aliphatic carbocycles. The number of H-pyrrole nitrogens is 2. The monoisotopic (exact) mass is 471 g/mol. The molecule has 0 radical (unpaired) electrons. The van der Waals surface area contributed by atoms with Crippen LogP contribution in [0.5, 0.6) is 0 Å². The number of nitrogens with zero attached hydrogens (tertiary/aromatic N) is 4. The summed E-state index contributed by atoms with van der Waals surface area (Å²) in [4.78, 5) is 20.0. The number of rotatable bonds is 5. The van der Waals surface area contributed by atoms with E-state index in [1.165, 1.54) is 11.8 Å². The Morgan fingerprint density at radius 1 is 1.23 bits per heavy atom. The molecule has 35 heavy (non-hydrogen) atoms. The molecule has 0 atom stereocenters. The SMILES string of the molecule is C#Cc1cnc(C(=O)Nc2ccc(C3(c4nn[nH]n4)CCOCC3)cc2C2=CCC(C)(C)CC2)[nH]1. The highest BCUT2D eigenvalue weighted by atomic mass is 16.5. The van der Waals surface area contributed by atoms with Crippen LogP contribution in [-0.4, -0.2) is 49.7 Å². The summed E-state index contributed by atoms with van der Waals surface area (Å²) in [5.41, 5.74) is 4.37. The van der Waals surface area contributed by atoms with Crippen molar-refractivity contribution in [1.29, 1.82) is 0 Å². The zero-order valence-electron chi connectivity index (χ0n) is 20.0. The maximum Gasteiger partial charge on any atom is 0.291 e. The second kappa shape index (κ2) is 9.12. The van der Waals surface area contributed by atoms with Crippen LogP contribution in [0.25, 0.3) is 5.57 Å². The Hall–Kier alpha value is -3.77. The lowest BCUT2D eigenvalue weighted by atomic mass is 9.72. The van der Waals surface area contributed by atoms with Crippen molar-refractivity contribution in [2.45, 2.75) is 51.4 Å². The lowest BCUT2D eigenvalue weighted by Crippen LogP contribution is -2.36. The number of aromatic amines is 2. The molecule has 2 aromatic heterocycles. The zero-order chi connectivity index (χ0) is 24.5. The highest BCUT2D eigenvalue weighted by Crippen LogP contribution is 2.44. The van der Waals surface area contributed by atoms with Crippen molar-refractivity contribution >= 4 is 17.2 Å². The third kappa shape index (κ3) is 4.49. The van der Waals surface area contributed by atoms with Crippen molar-refractivity contribution in [3.05, 3.63) is 58.9 Å². The molecule has 180 valence electrons. The number of carbonyl (C=O) groups is 1. The molecular weight excluding hydrogens is 442 g/mol. The van der Waals surface area contributed by atoms with Crippen LogP contribution in [0.3, 0.4) is 0 Å². The molecule has 3 N–H and O–H groups in total. The third-order valence-electron chi connectivity index (χ3n) is 7.20. The molecule has 1 fully saturated rings. The van der Waals surface area contributed by atoms with Gasteiger partial charge in [0.05, 0.1) is 11.6 Å². The van der Waals surface area contributed by atoms with Crippen molar-refractivity contribution in [3.8, 4) is 12.3 Å². The fourth-order valence-electron chi connectivity index (χ4n) is 4.96. The second-order valence-corrected chi connectivity index (χ2v) is 10.0. The molecule has 1 saturated heterocycles. The number of ether oxygens (including phenoxy) is 1. The van der Waals surface area contributed by atoms with Gasteiger partial charge in [-0.1, -0.05) is 37.1 Å². The lowest BCUT2D eigenvalue weighted by molar-refractivity contribution is 0.0605. The predicted molar refractivity (Wildman–Crippen MR) is 132 cm³/mol. The minimum Gasteiger partial charge on any atom is -0.381 e. The van der Waals surface area contributed by atoms with Crippen LogP contribution < -0.4 is 5.32 Å². The first-order valence-corrected chi connectivity index (χ1v) is 11.9. The summed E-state index contributed by atoms with van der Waals surface area (Å²) < 4.78 is 5.67. The lowest BCUT2D eigenvalue weighted by Gasteiger charge is -2.36. The van der Waals surface area contributed by atoms with Crippen LogP contribution in [0, 0.1) is 17.8 Å². The van der Waals surface area contributed by atoms with Gasteiger partial charge in [0.25, 0.3) is 5.91 Å². The number of imidazole rings is 1. The van der Waals surface area contributed by atoms with E-state index in [1.54, 1.807) is 0 Å². The van der Waals surface area contributed by atoms with Crippen LogP contribution in [0.2, 0.25) is 0 Å². The van der Waals surface area contributed by atoms with Crippen molar-refractivity contribution in [1.82, 2.24) is 30.6 Å². The first kappa shape index (κ1) is 23.0. The smallest absolute Gasteiger partial charge is 0.291 e. The van der Waals surface area contributed by atoms with Crippen LogP contribution in [0.1, 0.15) is 79.2 Å². The predicted octanol–water partition coefficient (Wildman–Crippen LogP) is 3.85. The van der Waals surface area contributed by atoms with E-state index in [-0.39, 0.29) is 17.1 Å². The van der Waals surface area contributed by atoms with E-state index in [1.807, 2.05) is 12.1 Å². The number of nitrogens with one attached hydrogen (secondary N) is 3. The molecule has 0 spiro atoms. The van der Waals surface area contributed by atoms with Crippen LogP contribution in [0.4, 0.5) is 5.69 Å². The highest BCUT2D eigenvalue weighted by molar-refractivity contribution is 6.03. The molecule has 0 bridgehead atoms. The molecule has 9 nitrogen and oxygen atoms in total. The zero-order valence-corrected chi connectivity index (χ0v) is 20.0. The molecule has 0 unspecified atom stereocenters. The van der Waals surface area contributed by atoms with Gasteiger partial charge < -0.3 is 15.0 Å². The Bertz CT molecular complexity index is 1290. The summed E-state index contributed by atoms with van der Waals surface area (Å²) in [6.45, 7) is 5.81. The highest BCUT2D eigenvalue weighted by Gasteiger charge is 2.40. The molecule has 5 rings (SSSR count). The standard InChI is InChI=1S/C26H29N7O2/c1-4-19-16-27-22(28-19)23(34)29-21-6-5-18(15-20(21)17-7-9-25(2,3)10-8-17)26(11-13-35-14-12-26)24-30-32-33-31-24/h1,5-7,15-16H,8-14H2,2-3H3,(H,27,28)(H,29,34)(H,30,31,32,33). The molecule has 9 heteroatoms. The van der Waals surface area contributed by atoms with E-state index in [0.29, 0.717) is 24.7 Å². The number of hydrogen-bond acceptors (Lipinski definition) is 6. The summed E-state index contributed by atoms with van der Waals surface area (Å²) in [7, 11) is 0. The minimum absolute atomic E-state index is 0.180. The van der Waals surface area contributed by atoms with E-state index in [4.69, 9.17) is 11.2 Å². The van der Waals surface area contributed by atoms with Crippen LogP contribution in [-0.2, 0) is 10.2 Å². The quantitative estimate of drug-likeness (QED) is 0.486. The topological polar surface area (TPSA) is 121 Å². The summed E-state index contributed by atoms with van der Waals surface area (Å²) in [6.07, 6.45) is 13.7. The Kier molecular flexibility index (Phi) is 5.99. The minimum atomic E-state index is -0.403. The van der Waals surface area contributed by atoms with Gasteiger partial charge in [-0.3, -0.25) is 4.79 Å². The maximum atomic E-state index is 13.0. The number of benzene rings is 1. The number of carbonyl (C=O) groups excluding carboxylic acids is 1. The maximum absolute atomic E-state index is 13.0. The average Bonchev–Trinajstić information content (AvgIpc) is 3.58. The summed E-state index contributed by atoms with van der Waals surface area (Å²) in [6, 6.07) is 6.19. The summed E-state index contributed by atoms with van der Waals surface area (Å²) in [5.74, 6) is 2.97. The first-order valence-electron chi connectivity index (χ1n) is 11.9. The molecule has 1 aliphatic heterocycles. The van der Waals surface area contributed by atoms with E-state index in [9.17, 15) is 4.79 Å². The van der Waals surface area contributed by atoms with Gasteiger partial charge in [0.1, 0.15) is 5.69 Å². The van der Waals surface area contributed by atoms with Gasteiger partial charge in [-0.05, 0) is 60.8 Å². The van der Waals surface area contributed by atoms with Gasteiger partial charge in [-0.2, -0.15) is 5.21 Å². The van der Waals surface area contributed by atoms with E-state index >= 15 is 0 Å². The molecule has 3 heterocycles. The van der Waals surface area contributed by atoms with Gasteiger partial charge in [-0.25, -0.2) is 4.98 Å². The fraction of sp³-hybridized carbons (Fsp3) is 0.423. The number of anilines is 1. The molecule has 3 aromatic rings. The largest absolute Gasteiger partial charge is 0.381 e. The Morgan fingerprint density at radius 3 is 2.71 bits per heavy atom. The normalized spacial score (nSPS) is 18.9. The second-order valence-electron chi connectivity index (χ2n) is 10.0. The molecule has 0 saturated carbocycles. The van der Waals surface area contributed by atoms with Crippen LogP contribution >= 0.6 is 0 Å². The summed E-state index contributed by atoms with van der Waals surface area (Å²) >= 11 is 0. The fourth-order valence-corrected chi connectivity index (χ4v) is 4.96. The van der Waals surface area contributed by atoms with Gasteiger partial charge >= 0.3 is 0 Å². The first-order chi connectivity index (χ1) is 16.9. The van der Waals surface area contributed by atoms with Crippen molar-refractivity contribution < 1.29 is 9.53 Å². The van der Waals surface area contributed by atoms with Gasteiger partial charge in [0.15, 0.2) is 11.6 Å². The number of terminal acetylenes is 1.